The van der Waals surface area contributed by atoms with Gasteiger partial charge in [-0.2, -0.15) is 0 Å². The number of aliphatic imine (C=N–C) groups is 1. The lowest BCUT2D eigenvalue weighted by Crippen LogP contribution is -2.12. The monoisotopic (exact) mass is 328 g/mol. The summed E-state index contributed by atoms with van der Waals surface area (Å²) in [5.74, 6) is 0. The predicted molar refractivity (Wildman–Crippen MR) is 95.0 cm³/mol. The molecule has 0 fully saturated rings. The first-order valence-electron chi connectivity index (χ1n) is 7.18. The molecule has 0 aliphatic carbocycles. The van der Waals surface area contributed by atoms with Gasteiger partial charge in [0.1, 0.15) is 0 Å². The molecule has 2 aromatic carbocycles. The van der Waals surface area contributed by atoms with Gasteiger partial charge in [-0.3, -0.25) is 4.99 Å². The number of rotatable bonds is 4. The van der Waals surface area contributed by atoms with Crippen LogP contribution in [0.15, 0.2) is 70.1 Å². The number of primary sulfonamides is 1. The molecule has 0 heterocycles. The number of hydrogen-bond acceptors (Lipinski definition) is 3. The Kier molecular flexibility index (Phi) is 5.13. The first-order chi connectivity index (χ1) is 10.8. The lowest BCUT2D eigenvalue weighted by atomic mass is 9.92. The predicted octanol–water partition coefficient (Wildman–Crippen LogP) is 3.25. The maximum atomic E-state index is 11.4. The van der Waals surface area contributed by atoms with Crippen molar-refractivity contribution in [2.45, 2.75) is 18.7 Å². The first-order valence-corrected chi connectivity index (χ1v) is 8.72. The van der Waals surface area contributed by atoms with E-state index >= 15 is 0 Å². The average molecular weight is 328 g/mol. The SMILES string of the molecule is C/N=C(\C(=C(C)C)c1ccccc1)c1ccc(S(N)(=O)=O)cc1. The zero-order chi connectivity index (χ0) is 17.0. The molecule has 0 aromatic heterocycles. The largest absolute Gasteiger partial charge is 0.287 e. The van der Waals surface area contributed by atoms with Crippen molar-refractivity contribution in [1.29, 1.82) is 0 Å². The van der Waals surface area contributed by atoms with Crippen molar-refractivity contribution in [2.24, 2.45) is 10.1 Å². The Morgan fingerprint density at radius 2 is 1.48 bits per heavy atom. The van der Waals surface area contributed by atoms with Crippen molar-refractivity contribution >= 4 is 21.3 Å². The zero-order valence-corrected chi connectivity index (χ0v) is 14.3. The van der Waals surface area contributed by atoms with Crippen LogP contribution < -0.4 is 5.14 Å². The van der Waals surface area contributed by atoms with Gasteiger partial charge in [-0.15, -0.1) is 0 Å². The molecule has 120 valence electrons. The summed E-state index contributed by atoms with van der Waals surface area (Å²) in [6.45, 7) is 4.07. The summed E-state index contributed by atoms with van der Waals surface area (Å²) in [6, 6.07) is 16.5. The minimum Gasteiger partial charge on any atom is -0.287 e. The second kappa shape index (κ2) is 6.89. The Morgan fingerprint density at radius 1 is 0.913 bits per heavy atom. The van der Waals surface area contributed by atoms with Crippen LogP contribution >= 0.6 is 0 Å². The molecule has 0 saturated heterocycles. The maximum Gasteiger partial charge on any atom is 0.238 e. The summed E-state index contributed by atoms with van der Waals surface area (Å²) < 4.78 is 22.8. The van der Waals surface area contributed by atoms with E-state index in [0.717, 1.165) is 28.0 Å². The van der Waals surface area contributed by atoms with Crippen LogP contribution in [0, 0.1) is 0 Å². The Labute approximate surface area is 137 Å². The van der Waals surface area contributed by atoms with E-state index in [4.69, 9.17) is 5.14 Å². The van der Waals surface area contributed by atoms with Gasteiger partial charge < -0.3 is 0 Å². The van der Waals surface area contributed by atoms with E-state index in [-0.39, 0.29) is 4.90 Å². The van der Waals surface area contributed by atoms with Gasteiger partial charge in [0.15, 0.2) is 0 Å². The quantitative estimate of drug-likeness (QED) is 0.875. The Balaban J connectivity index is 2.53. The average Bonchev–Trinajstić information content (AvgIpc) is 2.52. The molecule has 5 heteroatoms. The van der Waals surface area contributed by atoms with Crippen LogP contribution in [0.4, 0.5) is 0 Å². The molecule has 23 heavy (non-hydrogen) atoms. The van der Waals surface area contributed by atoms with Gasteiger partial charge in [-0.1, -0.05) is 48.0 Å². The standard InChI is InChI=1S/C18H20N2O2S/c1-13(2)17(14-7-5-4-6-8-14)18(20-3)15-9-11-16(12-10-15)23(19,21)22/h4-12H,1-3H3,(H2,19,21,22)/b20-18-. The van der Waals surface area contributed by atoms with Crippen molar-refractivity contribution in [1.82, 2.24) is 0 Å². The highest BCUT2D eigenvalue weighted by Gasteiger charge is 2.14. The van der Waals surface area contributed by atoms with Crippen molar-refractivity contribution in [2.75, 3.05) is 7.05 Å². The van der Waals surface area contributed by atoms with Crippen LogP contribution in [0.25, 0.3) is 5.57 Å². The smallest absolute Gasteiger partial charge is 0.238 e. The lowest BCUT2D eigenvalue weighted by molar-refractivity contribution is 0.598. The van der Waals surface area contributed by atoms with E-state index in [1.54, 1.807) is 19.2 Å². The molecule has 2 aromatic rings. The molecule has 0 amide bonds. The molecule has 0 saturated carbocycles. The molecule has 0 bridgehead atoms. The molecule has 0 spiro atoms. The topological polar surface area (TPSA) is 72.5 Å². The fraction of sp³-hybridized carbons (Fsp3) is 0.167. The minimum atomic E-state index is -3.69. The highest BCUT2D eigenvalue weighted by molar-refractivity contribution is 7.89. The number of nitrogens with zero attached hydrogens (tertiary/aromatic N) is 1. The van der Waals surface area contributed by atoms with Gasteiger partial charge in [0.05, 0.1) is 10.6 Å². The number of sulfonamides is 1. The molecule has 0 aliphatic heterocycles. The summed E-state index contributed by atoms with van der Waals surface area (Å²) in [4.78, 5) is 4.52. The number of hydrogen-bond donors (Lipinski definition) is 1. The third kappa shape index (κ3) is 3.94. The molecular formula is C18H20N2O2S. The van der Waals surface area contributed by atoms with Crippen molar-refractivity contribution in [3.63, 3.8) is 0 Å². The molecule has 2 N–H and O–H groups in total. The molecule has 0 radical (unpaired) electrons. The molecule has 0 unspecified atom stereocenters. The molecule has 0 aliphatic rings. The van der Waals surface area contributed by atoms with E-state index in [9.17, 15) is 8.42 Å². The van der Waals surface area contributed by atoms with Gasteiger partial charge in [0.25, 0.3) is 0 Å². The maximum absolute atomic E-state index is 11.4. The van der Waals surface area contributed by atoms with Gasteiger partial charge in [0.2, 0.25) is 10.0 Å². The van der Waals surface area contributed by atoms with Crippen LogP contribution in [-0.2, 0) is 10.0 Å². The number of allylic oxidation sites excluding steroid dienone is 2. The summed E-state index contributed by atoms with van der Waals surface area (Å²) in [5, 5.41) is 5.15. The second-order valence-corrected chi connectivity index (χ2v) is 6.94. The molecule has 0 atom stereocenters. The Bertz CT molecular complexity index is 846. The third-order valence-electron chi connectivity index (χ3n) is 3.48. The minimum absolute atomic E-state index is 0.0927. The first kappa shape index (κ1) is 17.1. The molecule has 4 nitrogen and oxygen atoms in total. The third-order valence-corrected chi connectivity index (χ3v) is 4.41. The number of benzene rings is 2. The van der Waals surface area contributed by atoms with Gasteiger partial charge in [-0.05, 0) is 31.5 Å². The highest BCUT2D eigenvalue weighted by atomic mass is 32.2. The summed E-state index contributed by atoms with van der Waals surface area (Å²) in [6.07, 6.45) is 0. The normalized spacial score (nSPS) is 12.1. The Morgan fingerprint density at radius 3 is 1.91 bits per heavy atom. The summed E-state index contributed by atoms with van der Waals surface area (Å²) in [5.41, 5.74) is 4.91. The highest BCUT2D eigenvalue weighted by Crippen LogP contribution is 2.24. The van der Waals surface area contributed by atoms with Gasteiger partial charge >= 0.3 is 0 Å². The molecular weight excluding hydrogens is 308 g/mol. The van der Waals surface area contributed by atoms with E-state index in [2.05, 4.69) is 4.99 Å². The van der Waals surface area contributed by atoms with Crippen molar-refractivity contribution in [3.05, 3.63) is 71.3 Å². The van der Waals surface area contributed by atoms with Crippen LogP contribution in [0.5, 0.6) is 0 Å². The Hall–Kier alpha value is -2.24. The lowest BCUT2D eigenvalue weighted by Gasteiger charge is -2.14. The van der Waals surface area contributed by atoms with Crippen LogP contribution in [0.3, 0.4) is 0 Å². The van der Waals surface area contributed by atoms with Gasteiger partial charge in [0, 0.05) is 18.2 Å². The van der Waals surface area contributed by atoms with E-state index < -0.39 is 10.0 Å². The fourth-order valence-corrected chi connectivity index (χ4v) is 2.97. The van der Waals surface area contributed by atoms with Crippen molar-refractivity contribution < 1.29 is 8.42 Å². The summed E-state index contributed by atoms with van der Waals surface area (Å²) >= 11 is 0. The zero-order valence-electron chi connectivity index (χ0n) is 13.4. The van der Waals surface area contributed by atoms with Crippen molar-refractivity contribution in [3.8, 4) is 0 Å². The molecule has 2 rings (SSSR count). The second-order valence-electron chi connectivity index (χ2n) is 5.38. The van der Waals surface area contributed by atoms with Crippen LogP contribution in [-0.4, -0.2) is 21.2 Å². The van der Waals surface area contributed by atoms with E-state index in [1.807, 2.05) is 44.2 Å². The van der Waals surface area contributed by atoms with E-state index in [0.29, 0.717) is 0 Å². The fourth-order valence-electron chi connectivity index (χ4n) is 2.45. The number of nitrogens with two attached hydrogens (primary N) is 1. The van der Waals surface area contributed by atoms with Crippen LogP contribution in [0.1, 0.15) is 25.0 Å². The van der Waals surface area contributed by atoms with E-state index in [1.165, 1.54) is 12.1 Å². The van der Waals surface area contributed by atoms with Gasteiger partial charge in [-0.25, -0.2) is 13.6 Å². The van der Waals surface area contributed by atoms with Crippen LogP contribution in [0.2, 0.25) is 0 Å². The summed E-state index contributed by atoms with van der Waals surface area (Å²) in [7, 11) is -1.96.